The lowest BCUT2D eigenvalue weighted by molar-refractivity contribution is -0.132. The van der Waals surface area contributed by atoms with Gasteiger partial charge in [-0.05, 0) is 37.3 Å². The Kier molecular flexibility index (Phi) is 4.99. The minimum Gasteiger partial charge on any atom is -0.343 e. The van der Waals surface area contributed by atoms with E-state index in [0.717, 1.165) is 30.5 Å². The zero-order valence-electron chi connectivity index (χ0n) is 13.1. The van der Waals surface area contributed by atoms with Gasteiger partial charge in [-0.2, -0.15) is 0 Å². The number of nitrogens with one attached hydrogen (secondary N) is 1. The second-order valence-electron chi connectivity index (χ2n) is 5.73. The lowest BCUT2D eigenvalue weighted by atomic mass is 9.95. The van der Waals surface area contributed by atoms with Gasteiger partial charge in [-0.3, -0.25) is 9.59 Å². The fourth-order valence-electron chi connectivity index (χ4n) is 2.88. The molecule has 1 aromatic rings. The first kappa shape index (κ1) is 15.5. The summed E-state index contributed by atoms with van der Waals surface area (Å²) in [5.74, 6) is 0.188. The van der Waals surface area contributed by atoms with Crippen molar-refractivity contribution in [2.24, 2.45) is 5.92 Å². The van der Waals surface area contributed by atoms with E-state index >= 15 is 0 Å². The monoisotopic (exact) mass is 288 g/mol. The van der Waals surface area contributed by atoms with E-state index in [1.54, 1.807) is 6.92 Å². The SMILES string of the molecule is CCc1cccc(C)c1NC(=O)C1CCN(C(C)=O)CC1. The maximum Gasteiger partial charge on any atom is 0.227 e. The number of nitrogens with zero attached hydrogens (tertiary/aromatic N) is 1. The summed E-state index contributed by atoms with van der Waals surface area (Å²) < 4.78 is 0. The van der Waals surface area contributed by atoms with Crippen molar-refractivity contribution in [2.45, 2.75) is 40.0 Å². The van der Waals surface area contributed by atoms with Crippen LogP contribution in [0.15, 0.2) is 18.2 Å². The molecule has 1 aromatic carbocycles. The van der Waals surface area contributed by atoms with E-state index in [9.17, 15) is 9.59 Å². The van der Waals surface area contributed by atoms with Gasteiger partial charge in [-0.25, -0.2) is 0 Å². The molecule has 0 atom stereocenters. The van der Waals surface area contributed by atoms with Crippen LogP contribution < -0.4 is 5.32 Å². The van der Waals surface area contributed by atoms with Crippen LogP contribution in [0.2, 0.25) is 0 Å². The normalized spacial score (nSPS) is 15.9. The molecule has 0 saturated carbocycles. The topological polar surface area (TPSA) is 49.4 Å². The van der Waals surface area contributed by atoms with E-state index in [-0.39, 0.29) is 17.7 Å². The Morgan fingerprint density at radius 3 is 2.52 bits per heavy atom. The summed E-state index contributed by atoms with van der Waals surface area (Å²) in [5.41, 5.74) is 3.23. The molecule has 1 saturated heterocycles. The highest BCUT2D eigenvalue weighted by Crippen LogP contribution is 2.24. The second-order valence-corrected chi connectivity index (χ2v) is 5.73. The molecule has 0 unspecified atom stereocenters. The predicted octanol–water partition coefficient (Wildman–Crippen LogP) is 2.75. The Morgan fingerprint density at radius 1 is 1.29 bits per heavy atom. The molecule has 0 spiro atoms. The highest BCUT2D eigenvalue weighted by atomic mass is 16.2. The summed E-state index contributed by atoms with van der Waals surface area (Å²) >= 11 is 0. The molecule has 1 heterocycles. The molecular weight excluding hydrogens is 264 g/mol. The molecule has 2 amide bonds. The van der Waals surface area contributed by atoms with Crippen molar-refractivity contribution in [2.75, 3.05) is 18.4 Å². The van der Waals surface area contributed by atoms with Gasteiger partial charge < -0.3 is 10.2 Å². The molecule has 114 valence electrons. The standard InChI is InChI=1S/C17H24N2O2/c1-4-14-7-5-6-12(2)16(14)18-17(21)15-8-10-19(11-9-15)13(3)20/h5-7,15H,4,8-11H2,1-3H3,(H,18,21). The molecule has 2 rings (SSSR count). The smallest absolute Gasteiger partial charge is 0.227 e. The van der Waals surface area contributed by atoms with Gasteiger partial charge in [0, 0.05) is 31.6 Å². The van der Waals surface area contributed by atoms with Gasteiger partial charge in [0.05, 0.1) is 0 Å². The second kappa shape index (κ2) is 6.74. The third-order valence-corrected chi connectivity index (χ3v) is 4.30. The van der Waals surface area contributed by atoms with Crippen molar-refractivity contribution in [1.82, 2.24) is 4.90 Å². The molecule has 1 aliphatic rings. The van der Waals surface area contributed by atoms with Gasteiger partial charge in [0.1, 0.15) is 0 Å². The summed E-state index contributed by atoms with van der Waals surface area (Å²) in [6.07, 6.45) is 2.40. The molecule has 1 fully saturated rings. The first-order valence-electron chi connectivity index (χ1n) is 7.67. The number of anilines is 1. The Hall–Kier alpha value is -1.84. The van der Waals surface area contributed by atoms with Crippen LogP contribution in [-0.2, 0) is 16.0 Å². The Balaban J connectivity index is 2.01. The summed E-state index contributed by atoms with van der Waals surface area (Å²) in [5, 5.41) is 3.10. The third-order valence-electron chi connectivity index (χ3n) is 4.30. The van der Waals surface area contributed by atoms with Gasteiger partial charge in [0.15, 0.2) is 0 Å². The van der Waals surface area contributed by atoms with Gasteiger partial charge >= 0.3 is 0 Å². The molecule has 1 aliphatic heterocycles. The number of benzene rings is 1. The molecule has 0 bridgehead atoms. The summed E-state index contributed by atoms with van der Waals surface area (Å²) in [6.45, 7) is 7.06. The molecule has 0 aromatic heterocycles. The quantitative estimate of drug-likeness (QED) is 0.929. The number of para-hydroxylation sites is 1. The highest BCUT2D eigenvalue weighted by Gasteiger charge is 2.26. The zero-order chi connectivity index (χ0) is 15.4. The average molecular weight is 288 g/mol. The molecule has 0 aliphatic carbocycles. The van der Waals surface area contributed by atoms with Crippen LogP contribution >= 0.6 is 0 Å². The maximum absolute atomic E-state index is 12.4. The Morgan fingerprint density at radius 2 is 1.95 bits per heavy atom. The fraction of sp³-hybridized carbons (Fsp3) is 0.529. The fourth-order valence-corrected chi connectivity index (χ4v) is 2.88. The summed E-state index contributed by atoms with van der Waals surface area (Å²) in [4.78, 5) is 25.6. The van der Waals surface area contributed by atoms with Crippen molar-refractivity contribution in [3.63, 3.8) is 0 Å². The molecule has 21 heavy (non-hydrogen) atoms. The van der Waals surface area contributed by atoms with Crippen LogP contribution in [0, 0.1) is 12.8 Å². The number of carbonyl (C=O) groups excluding carboxylic acids is 2. The van der Waals surface area contributed by atoms with Crippen LogP contribution in [-0.4, -0.2) is 29.8 Å². The van der Waals surface area contributed by atoms with Gasteiger partial charge in [0.25, 0.3) is 0 Å². The van der Waals surface area contributed by atoms with Crippen molar-refractivity contribution >= 4 is 17.5 Å². The van der Waals surface area contributed by atoms with E-state index < -0.39 is 0 Å². The van der Waals surface area contributed by atoms with Gasteiger partial charge in [0.2, 0.25) is 11.8 Å². The lowest BCUT2D eigenvalue weighted by Gasteiger charge is -2.30. The number of rotatable bonds is 3. The number of hydrogen-bond donors (Lipinski definition) is 1. The Bertz CT molecular complexity index is 532. The number of hydrogen-bond acceptors (Lipinski definition) is 2. The molecule has 4 heteroatoms. The zero-order valence-corrected chi connectivity index (χ0v) is 13.1. The lowest BCUT2D eigenvalue weighted by Crippen LogP contribution is -2.40. The predicted molar refractivity (Wildman–Crippen MR) is 84.2 cm³/mol. The number of amides is 2. The highest BCUT2D eigenvalue weighted by molar-refractivity contribution is 5.94. The molecule has 4 nitrogen and oxygen atoms in total. The number of likely N-dealkylation sites (tertiary alicyclic amines) is 1. The first-order valence-corrected chi connectivity index (χ1v) is 7.67. The van der Waals surface area contributed by atoms with E-state index in [1.165, 1.54) is 5.56 Å². The van der Waals surface area contributed by atoms with Crippen molar-refractivity contribution in [3.8, 4) is 0 Å². The minimum absolute atomic E-state index is 0.00455. The number of aryl methyl sites for hydroxylation is 2. The van der Waals surface area contributed by atoms with Gasteiger partial charge in [-0.1, -0.05) is 25.1 Å². The summed E-state index contributed by atoms with van der Waals surface area (Å²) in [7, 11) is 0. The van der Waals surface area contributed by atoms with E-state index in [2.05, 4.69) is 18.3 Å². The molecule has 1 N–H and O–H groups in total. The van der Waals surface area contributed by atoms with Crippen LogP contribution in [0.1, 0.15) is 37.8 Å². The maximum atomic E-state index is 12.4. The third kappa shape index (κ3) is 3.63. The number of carbonyl (C=O) groups is 2. The van der Waals surface area contributed by atoms with Crippen molar-refractivity contribution in [3.05, 3.63) is 29.3 Å². The minimum atomic E-state index is 0.00455. The Labute approximate surface area is 126 Å². The molecule has 0 radical (unpaired) electrons. The molecular formula is C17H24N2O2. The van der Waals surface area contributed by atoms with Crippen molar-refractivity contribution in [1.29, 1.82) is 0 Å². The van der Waals surface area contributed by atoms with E-state index in [0.29, 0.717) is 13.1 Å². The van der Waals surface area contributed by atoms with Gasteiger partial charge in [-0.15, -0.1) is 0 Å². The average Bonchev–Trinajstić information content (AvgIpc) is 2.49. The van der Waals surface area contributed by atoms with Crippen LogP contribution in [0.4, 0.5) is 5.69 Å². The van der Waals surface area contributed by atoms with Crippen LogP contribution in [0.25, 0.3) is 0 Å². The van der Waals surface area contributed by atoms with Crippen molar-refractivity contribution < 1.29 is 9.59 Å². The summed E-state index contributed by atoms with van der Waals surface area (Å²) in [6, 6.07) is 6.10. The number of piperidine rings is 1. The largest absolute Gasteiger partial charge is 0.343 e. The van der Waals surface area contributed by atoms with E-state index in [4.69, 9.17) is 0 Å². The van der Waals surface area contributed by atoms with E-state index in [1.807, 2.05) is 24.0 Å². The van der Waals surface area contributed by atoms with Crippen LogP contribution in [0.3, 0.4) is 0 Å². The van der Waals surface area contributed by atoms with Crippen LogP contribution in [0.5, 0.6) is 0 Å². The first-order chi connectivity index (χ1) is 10.0.